The monoisotopic (exact) mass is 367 g/mol. The van der Waals surface area contributed by atoms with E-state index >= 15 is 0 Å². The van der Waals surface area contributed by atoms with E-state index in [9.17, 15) is 4.79 Å². The zero-order chi connectivity index (χ0) is 14.8. The van der Waals surface area contributed by atoms with E-state index in [4.69, 9.17) is 4.74 Å². The summed E-state index contributed by atoms with van der Waals surface area (Å²) in [6.45, 7) is 1.71. The van der Waals surface area contributed by atoms with Gasteiger partial charge < -0.3 is 4.74 Å². The fourth-order valence-electron chi connectivity index (χ4n) is 1.79. The quantitative estimate of drug-likeness (QED) is 0.876. The summed E-state index contributed by atoms with van der Waals surface area (Å²) >= 11 is 4.81. The van der Waals surface area contributed by atoms with Gasteiger partial charge in [0.15, 0.2) is 6.10 Å². The molecule has 0 aliphatic heterocycles. The predicted molar refractivity (Wildman–Crippen MR) is 84.7 cm³/mol. The van der Waals surface area contributed by atoms with Crippen molar-refractivity contribution in [1.29, 1.82) is 0 Å². The number of carbonyl (C=O) groups is 1. The summed E-state index contributed by atoms with van der Waals surface area (Å²) in [7, 11) is 0. The van der Waals surface area contributed by atoms with Gasteiger partial charge in [0.1, 0.15) is 10.8 Å². The van der Waals surface area contributed by atoms with Crippen LogP contribution in [0, 0.1) is 0 Å². The number of nitrogens with zero attached hydrogens (tertiary/aromatic N) is 2. The summed E-state index contributed by atoms with van der Waals surface area (Å²) in [5.74, 6) is 0.958. The van der Waals surface area contributed by atoms with Crippen molar-refractivity contribution in [3.8, 4) is 5.75 Å². The minimum Gasteiger partial charge on any atom is -0.481 e. The fraction of sp³-hybridized carbons (Fsp3) is 0.357. The van der Waals surface area contributed by atoms with Crippen molar-refractivity contribution in [2.75, 3.05) is 5.32 Å². The normalized spacial score (nSPS) is 15.5. The number of benzene rings is 1. The molecule has 0 saturated heterocycles. The average molecular weight is 368 g/mol. The van der Waals surface area contributed by atoms with Crippen molar-refractivity contribution >= 4 is 38.3 Å². The molecule has 1 fully saturated rings. The van der Waals surface area contributed by atoms with Crippen LogP contribution in [0.2, 0.25) is 0 Å². The van der Waals surface area contributed by atoms with Gasteiger partial charge in [-0.3, -0.25) is 10.1 Å². The van der Waals surface area contributed by atoms with E-state index in [0.717, 1.165) is 9.48 Å². The van der Waals surface area contributed by atoms with Crippen molar-refractivity contribution in [3.63, 3.8) is 0 Å². The lowest BCUT2D eigenvalue weighted by Crippen LogP contribution is -2.30. The molecule has 0 bridgehead atoms. The van der Waals surface area contributed by atoms with Gasteiger partial charge in [0.25, 0.3) is 5.91 Å². The molecule has 1 atom stereocenters. The van der Waals surface area contributed by atoms with Crippen LogP contribution in [0.25, 0.3) is 0 Å². The Morgan fingerprint density at radius 3 is 3.00 bits per heavy atom. The molecule has 5 nitrogen and oxygen atoms in total. The van der Waals surface area contributed by atoms with E-state index in [2.05, 4.69) is 31.4 Å². The number of hydrogen-bond acceptors (Lipinski definition) is 5. The van der Waals surface area contributed by atoms with Crippen LogP contribution in [0.15, 0.2) is 28.7 Å². The fourth-order valence-corrected chi connectivity index (χ4v) is 3.08. The van der Waals surface area contributed by atoms with Crippen LogP contribution in [0.1, 0.15) is 30.7 Å². The second-order valence-electron chi connectivity index (χ2n) is 4.93. The molecule has 1 saturated carbocycles. The van der Waals surface area contributed by atoms with Gasteiger partial charge in [-0.05, 0) is 38.0 Å². The van der Waals surface area contributed by atoms with Crippen molar-refractivity contribution in [2.24, 2.45) is 0 Å². The standard InChI is InChI=1S/C14H14BrN3O2S/c1-8(20-11-4-2-3-10(15)7-11)12(19)16-14-18-17-13(21-14)9-5-6-9/h2-4,7-9H,5-6H2,1H3,(H,16,18,19)/t8-/m0/s1. The van der Waals surface area contributed by atoms with E-state index in [1.807, 2.05) is 24.3 Å². The summed E-state index contributed by atoms with van der Waals surface area (Å²) in [5, 5.41) is 12.4. The molecule has 1 amide bonds. The molecule has 0 radical (unpaired) electrons. The first-order valence-electron chi connectivity index (χ1n) is 6.68. The molecule has 0 unspecified atom stereocenters. The third-order valence-electron chi connectivity index (χ3n) is 3.08. The summed E-state index contributed by atoms with van der Waals surface area (Å²) in [5.41, 5.74) is 0. The highest BCUT2D eigenvalue weighted by molar-refractivity contribution is 9.10. The van der Waals surface area contributed by atoms with Gasteiger partial charge in [-0.25, -0.2) is 0 Å². The van der Waals surface area contributed by atoms with Crippen LogP contribution in [0.5, 0.6) is 5.75 Å². The lowest BCUT2D eigenvalue weighted by molar-refractivity contribution is -0.122. The SMILES string of the molecule is C[C@H](Oc1cccc(Br)c1)C(=O)Nc1nnc(C2CC2)s1. The van der Waals surface area contributed by atoms with Crippen molar-refractivity contribution in [3.05, 3.63) is 33.7 Å². The van der Waals surface area contributed by atoms with Gasteiger partial charge in [0.05, 0.1) is 0 Å². The first-order valence-corrected chi connectivity index (χ1v) is 8.29. The first kappa shape index (κ1) is 14.5. The van der Waals surface area contributed by atoms with E-state index in [-0.39, 0.29) is 5.91 Å². The Balaban J connectivity index is 1.58. The zero-order valence-corrected chi connectivity index (χ0v) is 13.8. The number of rotatable bonds is 5. The topological polar surface area (TPSA) is 64.1 Å². The van der Waals surface area contributed by atoms with E-state index in [0.29, 0.717) is 16.8 Å². The molecule has 1 N–H and O–H groups in total. The Kier molecular flexibility index (Phi) is 4.21. The highest BCUT2D eigenvalue weighted by Crippen LogP contribution is 2.42. The average Bonchev–Trinajstić information content (AvgIpc) is 3.19. The Hall–Kier alpha value is -1.47. The number of nitrogens with one attached hydrogen (secondary N) is 1. The number of aromatic nitrogens is 2. The molecule has 3 rings (SSSR count). The number of carbonyl (C=O) groups excluding carboxylic acids is 1. The molecular formula is C14H14BrN3O2S. The minimum atomic E-state index is -0.604. The summed E-state index contributed by atoms with van der Waals surface area (Å²) in [4.78, 5) is 12.1. The Labute approximate surface area is 134 Å². The van der Waals surface area contributed by atoms with Crippen LogP contribution in [0.3, 0.4) is 0 Å². The van der Waals surface area contributed by atoms with Gasteiger partial charge in [0, 0.05) is 10.4 Å². The molecule has 110 valence electrons. The molecule has 1 aliphatic rings. The summed E-state index contributed by atoms with van der Waals surface area (Å²) in [6, 6.07) is 7.39. The van der Waals surface area contributed by atoms with Gasteiger partial charge in [0.2, 0.25) is 5.13 Å². The van der Waals surface area contributed by atoms with Gasteiger partial charge >= 0.3 is 0 Å². The number of anilines is 1. The number of hydrogen-bond donors (Lipinski definition) is 1. The maximum absolute atomic E-state index is 12.1. The molecule has 1 heterocycles. The molecule has 0 spiro atoms. The third-order valence-corrected chi connectivity index (χ3v) is 4.57. The molecular weight excluding hydrogens is 354 g/mol. The summed E-state index contributed by atoms with van der Waals surface area (Å²) in [6.07, 6.45) is 1.74. The molecule has 1 aliphatic carbocycles. The molecule has 2 aromatic rings. The van der Waals surface area contributed by atoms with Gasteiger partial charge in [-0.2, -0.15) is 0 Å². The Morgan fingerprint density at radius 2 is 2.29 bits per heavy atom. The number of halogens is 1. The molecule has 1 aromatic heterocycles. The van der Waals surface area contributed by atoms with Crippen LogP contribution in [0.4, 0.5) is 5.13 Å². The third kappa shape index (κ3) is 3.79. The van der Waals surface area contributed by atoms with Gasteiger partial charge in [-0.1, -0.05) is 33.3 Å². The van der Waals surface area contributed by atoms with Crippen LogP contribution in [-0.2, 0) is 4.79 Å². The highest BCUT2D eigenvalue weighted by atomic mass is 79.9. The highest BCUT2D eigenvalue weighted by Gasteiger charge is 2.28. The maximum atomic E-state index is 12.1. The van der Waals surface area contributed by atoms with Crippen molar-refractivity contribution < 1.29 is 9.53 Å². The zero-order valence-electron chi connectivity index (χ0n) is 11.4. The molecule has 7 heteroatoms. The van der Waals surface area contributed by atoms with E-state index < -0.39 is 6.10 Å². The second kappa shape index (κ2) is 6.11. The van der Waals surface area contributed by atoms with Crippen molar-refractivity contribution in [2.45, 2.75) is 31.8 Å². The van der Waals surface area contributed by atoms with E-state index in [1.54, 1.807) is 6.92 Å². The Bertz CT molecular complexity index is 657. The molecule has 1 aromatic carbocycles. The lowest BCUT2D eigenvalue weighted by atomic mass is 10.3. The maximum Gasteiger partial charge on any atom is 0.266 e. The Morgan fingerprint density at radius 1 is 1.48 bits per heavy atom. The lowest BCUT2D eigenvalue weighted by Gasteiger charge is -2.13. The summed E-state index contributed by atoms with van der Waals surface area (Å²) < 4.78 is 6.52. The van der Waals surface area contributed by atoms with Crippen molar-refractivity contribution in [1.82, 2.24) is 10.2 Å². The predicted octanol–water partition coefficient (Wildman–Crippen LogP) is 3.58. The van der Waals surface area contributed by atoms with E-state index in [1.165, 1.54) is 24.2 Å². The van der Waals surface area contributed by atoms with Crippen LogP contribution >= 0.6 is 27.3 Å². The van der Waals surface area contributed by atoms with Crippen LogP contribution < -0.4 is 10.1 Å². The number of amides is 1. The van der Waals surface area contributed by atoms with Gasteiger partial charge in [-0.15, -0.1) is 10.2 Å². The first-order chi connectivity index (χ1) is 10.1. The number of ether oxygens (including phenoxy) is 1. The molecule has 21 heavy (non-hydrogen) atoms. The largest absolute Gasteiger partial charge is 0.481 e. The second-order valence-corrected chi connectivity index (χ2v) is 6.85. The van der Waals surface area contributed by atoms with Crippen LogP contribution in [-0.4, -0.2) is 22.2 Å². The smallest absolute Gasteiger partial charge is 0.266 e. The minimum absolute atomic E-state index is 0.228.